The van der Waals surface area contributed by atoms with Gasteiger partial charge in [-0.15, -0.1) is 0 Å². The lowest BCUT2D eigenvalue weighted by molar-refractivity contribution is 0.0742. The third-order valence-electron chi connectivity index (χ3n) is 3.38. The SMILES string of the molecule is CCCN(Cc1ccc(C)cc1)C(=O)c1ccccc1I. The van der Waals surface area contributed by atoms with Crippen molar-refractivity contribution < 1.29 is 4.79 Å². The second-order valence-corrected chi connectivity index (χ2v) is 6.35. The van der Waals surface area contributed by atoms with Gasteiger partial charge in [0.05, 0.1) is 5.56 Å². The second-order valence-electron chi connectivity index (χ2n) is 5.19. The van der Waals surface area contributed by atoms with E-state index in [0.717, 1.165) is 22.1 Å². The van der Waals surface area contributed by atoms with Gasteiger partial charge in [0.2, 0.25) is 0 Å². The summed E-state index contributed by atoms with van der Waals surface area (Å²) in [7, 11) is 0. The van der Waals surface area contributed by atoms with Gasteiger partial charge in [-0.2, -0.15) is 0 Å². The molecule has 0 spiro atoms. The minimum atomic E-state index is 0.113. The molecule has 2 aromatic carbocycles. The maximum atomic E-state index is 12.7. The largest absolute Gasteiger partial charge is 0.334 e. The van der Waals surface area contributed by atoms with Gasteiger partial charge < -0.3 is 4.90 Å². The van der Waals surface area contributed by atoms with Crippen molar-refractivity contribution in [3.63, 3.8) is 0 Å². The van der Waals surface area contributed by atoms with Gasteiger partial charge in [-0.1, -0.05) is 48.9 Å². The Labute approximate surface area is 140 Å². The third kappa shape index (κ3) is 4.30. The van der Waals surface area contributed by atoms with E-state index in [1.807, 2.05) is 29.2 Å². The summed E-state index contributed by atoms with van der Waals surface area (Å²) in [4.78, 5) is 14.7. The maximum absolute atomic E-state index is 12.7. The first-order chi connectivity index (χ1) is 10.1. The number of aryl methyl sites for hydroxylation is 1. The average molecular weight is 393 g/mol. The fourth-order valence-corrected chi connectivity index (χ4v) is 2.86. The Morgan fingerprint density at radius 3 is 2.38 bits per heavy atom. The van der Waals surface area contributed by atoms with Crippen LogP contribution in [0.15, 0.2) is 48.5 Å². The molecule has 0 saturated heterocycles. The number of hydrogen-bond donors (Lipinski definition) is 0. The van der Waals surface area contributed by atoms with Crippen molar-refractivity contribution in [3.05, 3.63) is 68.8 Å². The quantitative estimate of drug-likeness (QED) is 0.678. The molecule has 3 heteroatoms. The van der Waals surface area contributed by atoms with Crippen molar-refractivity contribution >= 4 is 28.5 Å². The van der Waals surface area contributed by atoms with Gasteiger partial charge >= 0.3 is 0 Å². The van der Waals surface area contributed by atoms with Crippen LogP contribution in [0.25, 0.3) is 0 Å². The van der Waals surface area contributed by atoms with Crippen molar-refractivity contribution in [2.45, 2.75) is 26.8 Å². The molecule has 0 aliphatic heterocycles. The van der Waals surface area contributed by atoms with Crippen LogP contribution in [0.3, 0.4) is 0 Å². The summed E-state index contributed by atoms with van der Waals surface area (Å²) >= 11 is 2.23. The molecule has 0 N–H and O–H groups in total. The van der Waals surface area contributed by atoms with Gasteiger partial charge in [0.25, 0.3) is 5.91 Å². The number of amides is 1. The van der Waals surface area contributed by atoms with Gasteiger partial charge in [0, 0.05) is 16.7 Å². The van der Waals surface area contributed by atoms with Crippen LogP contribution in [-0.4, -0.2) is 17.4 Å². The summed E-state index contributed by atoms with van der Waals surface area (Å²) in [6.45, 7) is 5.62. The van der Waals surface area contributed by atoms with E-state index < -0.39 is 0 Å². The van der Waals surface area contributed by atoms with Crippen molar-refractivity contribution in [1.29, 1.82) is 0 Å². The standard InChI is InChI=1S/C18H20INO/c1-3-12-20(13-15-10-8-14(2)9-11-15)18(21)16-6-4-5-7-17(16)19/h4-11H,3,12-13H2,1-2H3. The molecule has 0 atom stereocenters. The maximum Gasteiger partial charge on any atom is 0.255 e. The molecule has 0 aliphatic carbocycles. The van der Waals surface area contributed by atoms with Gasteiger partial charge in [-0.05, 0) is 53.6 Å². The number of nitrogens with zero attached hydrogens (tertiary/aromatic N) is 1. The molecule has 110 valence electrons. The zero-order chi connectivity index (χ0) is 15.2. The highest BCUT2D eigenvalue weighted by Gasteiger charge is 2.17. The predicted octanol–water partition coefficient (Wildman–Crippen LogP) is 4.65. The van der Waals surface area contributed by atoms with Crippen LogP contribution >= 0.6 is 22.6 Å². The van der Waals surface area contributed by atoms with E-state index >= 15 is 0 Å². The van der Waals surface area contributed by atoms with Crippen LogP contribution in [0.5, 0.6) is 0 Å². The van der Waals surface area contributed by atoms with Crippen LogP contribution in [0.1, 0.15) is 34.8 Å². The fourth-order valence-electron chi connectivity index (χ4n) is 2.24. The van der Waals surface area contributed by atoms with Gasteiger partial charge in [-0.25, -0.2) is 0 Å². The Bertz CT molecular complexity index is 607. The summed E-state index contributed by atoms with van der Waals surface area (Å²) < 4.78 is 1.00. The van der Waals surface area contributed by atoms with Crippen molar-refractivity contribution in [1.82, 2.24) is 4.90 Å². The van der Waals surface area contributed by atoms with E-state index in [1.54, 1.807) is 0 Å². The summed E-state index contributed by atoms with van der Waals surface area (Å²) in [5.41, 5.74) is 3.21. The Balaban J connectivity index is 2.20. The molecule has 0 aliphatic rings. The highest BCUT2D eigenvalue weighted by atomic mass is 127. The lowest BCUT2D eigenvalue weighted by Crippen LogP contribution is -2.31. The Hall–Kier alpha value is -1.36. The van der Waals surface area contributed by atoms with Gasteiger partial charge in [0.1, 0.15) is 0 Å². The zero-order valence-corrected chi connectivity index (χ0v) is 14.6. The van der Waals surface area contributed by atoms with Crippen LogP contribution < -0.4 is 0 Å². The molecule has 2 rings (SSSR count). The molecule has 0 aromatic heterocycles. The average Bonchev–Trinajstić information content (AvgIpc) is 2.49. The topological polar surface area (TPSA) is 20.3 Å². The number of hydrogen-bond acceptors (Lipinski definition) is 1. The Morgan fingerprint density at radius 1 is 1.10 bits per heavy atom. The molecule has 0 unspecified atom stereocenters. The first-order valence-electron chi connectivity index (χ1n) is 7.21. The number of carbonyl (C=O) groups is 1. The molecule has 0 heterocycles. The summed E-state index contributed by atoms with van der Waals surface area (Å²) in [5.74, 6) is 0.113. The summed E-state index contributed by atoms with van der Waals surface area (Å²) in [5, 5.41) is 0. The van der Waals surface area contributed by atoms with Crippen LogP contribution in [0, 0.1) is 10.5 Å². The van der Waals surface area contributed by atoms with Crippen LogP contribution in [0.4, 0.5) is 0 Å². The molecule has 1 amide bonds. The van der Waals surface area contributed by atoms with E-state index in [4.69, 9.17) is 0 Å². The Morgan fingerprint density at radius 2 is 1.76 bits per heavy atom. The van der Waals surface area contributed by atoms with E-state index in [1.165, 1.54) is 11.1 Å². The fraction of sp³-hybridized carbons (Fsp3) is 0.278. The van der Waals surface area contributed by atoms with E-state index in [9.17, 15) is 4.79 Å². The normalized spacial score (nSPS) is 10.4. The number of carbonyl (C=O) groups excluding carboxylic acids is 1. The molecule has 0 bridgehead atoms. The van der Waals surface area contributed by atoms with Crippen LogP contribution in [0.2, 0.25) is 0 Å². The van der Waals surface area contributed by atoms with Crippen LogP contribution in [-0.2, 0) is 6.54 Å². The molecular weight excluding hydrogens is 373 g/mol. The third-order valence-corrected chi connectivity index (χ3v) is 4.32. The molecule has 0 saturated carbocycles. The van der Waals surface area contributed by atoms with E-state index in [0.29, 0.717) is 6.54 Å². The predicted molar refractivity (Wildman–Crippen MR) is 95.4 cm³/mol. The first-order valence-corrected chi connectivity index (χ1v) is 8.29. The molecule has 0 fully saturated rings. The molecule has 0 radical (unpaired) electrons. The van der Waals surface area contributed by atoms with Gasteiger partial charge in [0.15, 0.2) is 0 Å². The zero-order valence-electron chi connectivity index (χ0n) is 12.5. The minimum absolute atomic E-state index is 0.113. The van der Waals surface area contributed by atoms with E-state index in [2.05, 4.69) is 60.7 Å². The second kappa shape index (κ2) is 7.59. The molecule has 2 nitrogen and oxygen atoms in total. The van der Waals surface area contributed by atoms with Gasteiger partial charge in [-0.3, -0.25) is 4.79 Å². The summed E-state index contributed by atoms with van der Waals surface area (Å²) in [6.07, 6.45) is 0.959. The number of benzene rings is 2. The lowest BCUT2D eigenvalue weighted by Gasteiger charge is -2.23. The molecule has 2 aromatic rings. The molecular formula is C18H20INO. The highest BCUT2D eigenvalue weighted by Crippen LogP contribution is 2.16. The van der Waals surface area contributed by atoms with Crippen molar-refractivity contribution in [3.8, 4) is 0 Å². The number of rotatable bonds is 5. The number of halogens is 1. The Kier molecular flexibility index (Phi) is 5.79. The van der Waals surface area contributed by atoms with E-state index in [-0.39, 0.29) is 5.91 Å². The first kappa shape index (κ1) is 16.0. The highest BCUT2D eigenvalue weighted by molar-refractivity contribution is 14.1. The summed E-state index contributed by atoms with van der Waals surface area (Å²) in [6, 6.07) is 16.1. The van der Waals surface area contributed by atoms with Crippen molar-refractivity contribution in [2.75, 3.05) is 6.54 Å². The molecule has 21 heavy (non-hydrogen) atoms. The minimum Gasteiger partial charge on any atom is -0.334 e. The smallest absolute Gasteiger partial charge is 0.255 e. The lowest BCUT2D eigenvalue weighted by atomic mass is 10.1. The van der Waals surface area contributed by atoms with Crippen molar-refractivity contribution in [2.24, 2.45) is 0 Å². The monoisotopic (exact) mass is 393 g/mol.